The van der Waals surface area contributed by atoms with E-state index in [0.717, 1.165) is 35.7 Å². The predicted molar refractivity (Wildman–Crippen MR) is 104 cm³/mol. The van der Waals surface area contributed by atoms with Crippen molar-refractivity contribution < 1.29 is 9.90 Å². The molecular weight excluding hydrogens is 364 g/mol. The van der Waals surface area contributed by atoms with Crippen molar-refractivity contribution in [2.75, 3.05) is 13.6 Å². The highest BCUT2D eigenvalue weighted by molar-refractivity contribution is 6.31. The van der Waals surface area contributed by atoms with E-state index >= 15 is 0 Å². The molecule has 1 unspecified atom stereocenters. The number of hydrogen-bond donors (Lipinski definition) is 1. The van der Waals surface area contributed by atoms with Gasteiger partial charge in [-0.3, -0.25) is 4.79 Å². The van der Waals surface area contributed by atoms with Gasteiger partial charge in [0.05, 0.1) is 6.42 Å². The van der Waals surface area contributed by atoms with Crippen LogP contribution in [0.15, 0.2) is 36.8 Å². The van der Waals surface area contributed by atoms with Gasteiger partial charge >= 0.3 is 5.97 Å². The maximum atomic E-state index is 11.5. The predicted octanol–water partition coefficient (Wildman–Crippen LogP) is 3.33. The van der Waals surface area contributed by atoms with Gasteiger partial charge in [0, 0.05) is 59.1 Å². The van der Waals surface area contributed by atoms with Gasteiger partial charge in [-0.15, -0.1) is 0 Å². The molecule has 0 saturated carbocycles. The van der Waals surface area contributed by atoms with Crippen LogP contribution in [0.5, 0.6) is 0 Å². The number of aliphatic carboxylic acids is 1. The number of carboxylic acid groups (broad SMARTS) is 1. The van der Waals surface area contributed by atoms with Crippen molar-refractivity contribution >= 4 is 28.5 Å². The van der Waals surface area contributed by atoms with Crippen LogP contribution < -0.4 is 0 Å². The van der Waals surface area contributed by atoms with Crippen LogP contribution in [0.3, 0.4) is 0 Å². The van der Waals surface area contributed by atoms with Gasteiger partial charge in [0.25, 0.3) is 0 Å². The largest absolute Gasteiger partial charge is 0.481 e. The third-order valence-corrected chi connectivity index (χ3v) is 5.49. The molecule has 1 N–H and O–H groups in total. The number of hydrogen-bond acceptors (Lipinski definition) is 4. The first-order chi connectivity index (χ1) is 13.0. The monoisotopic (exact) mass is 384 g/mol. The average molecular weight is 385 g/mol. The average Bonchev–Trinajstić information content (AvgIpc) is 2.94. The first kappa shape index (κ1) is 17.9. The molecule has 0 bridgehead atoms. The van der Waals surface area contributed by atoms with E-state index in [1.807, 2.05) is 18.2 Å². The lowest BCUT2D eigenvalue weighted by Crippen LogP contribution is -2.28. The minimum Gasteiger partial charge on any atom is -0.481 e. The molecule has 0 spiro atoms. The highest BCUT2D eigenvalue weighted by Crippen LogP contribution is 2.34. The maximum absolute atomic E-state index is 11.5. The molecule has 4 rings (SSSR count). The van der Waals surface area contributed by atoms with Gasteiger partial charge < -0.3 is 14.6 Å². The van der Waals surface area contributed by atoms with Crippen LogP contribution in [0.4, 0.5) is 0 Å². The summed E-state index contributed by atoms with van der Waals surface area (Å²) in [5, 5.41) is 11.3. The molecule has 1 aromatic carbocycles. The van der Waals surface area contributed by atoms with Gasteiger partial charge in [0.15, 0.2) is 0 Å². The van der Waals surface area contributed by atoms with Crippen LogP contribution in [-0.4, -0.2) is 44.1 Å². The number of fused-ring (bicyclic) bond motifs is 3. The smallest absolute Gasteiger partial charge is 0.304 e. The fourth-order valence-corrected chi connectivity index (χ4v) is 4.16. The molecule has 7 heteroatoms. The Morgan fingerprint density at radius 1 is 1.37 bits per heavy atom. The third kappa shape index (κ3) is 3.55. The molecule has 6 nitrogen and oxygen atoms in total. The fraction of sp³-hybridized carbons (Fsp3) is 0.350. The van der Waals surface area contributed by atoms with Crippen molar-refractivity contribution in [2.24, 2.45) is 0 Å². The second kappa shape index (κ2) is 7.29. The Bertz CT molecular complexity index is 987. The summed E-state index contributed by atoms with van der Waals surface area (Å²) < 4.78 is 2.26. The lowest BCUT2D eigenvalue weighted by Gasteiger charge is -2.26. The Labute approximate surface area is 162 Å². The number of benzene rings is 1. The molecule has 27 heavy (non-hydrogen) atoms. The van der Waals surface area contributed by atoms with Crippen molar-refractivity contribution in [1.82, 2.24) is 19.4 Å². The van der Waals surface area contributed by atoms with Gasteiger partial charge in [-0.25, -0.2) is 9.97 Å². The molecule has 3 aromatic rings. The molecule has 140 valence electrons. The molecular formula is C20H21ClN4O2. The minimum atomic E-state index is -0.830. The van der Waals surface area contributed by atoms with Gasteiger partial charge in [-0.05, 0) is 43.3 Å². The Morgan fingerprint density at radius 3 is 2.96 bits per heavy atom. The number of carboxylic acids is 1. The van der Waals surface area contributed by atoms with Gasteiger partial charge in [0.2, 0.25) is 0 Å². The maximum Gasteiger partial charge on any atom is 0.304 e. The van der Waals surface area contributed by atoms with Crippen LogP contribution >= 0.6 is 11.6 Å². The topological polar surface area (TPSA) is 71.2 Å². The Kier molecular flexibility index (Phi) is 4.85. The van der Waals surface area contributed by atoms with E-state index in [0.29, 0.717) is 6.54 Å². The molecule has 0 aliphatic carbocycles. The molecule has 2 aromatic heterocycles. The summed E-state index contributed by atoms with van der Waals surface area (Å²) >= 11 is 6.26. The second-order valence-corrected chi connectivity index (χ2v) is 7.55. The summed E-state index contributed by atoms with van der Waals surface area (Å²) in [5.74, 6) is -1.06. The number of rotatable bonds is 5. The van der Waals surface area contributed by atoms with Crippen molar-refractivity contribution in [2.45, 2.75) is 31.8 Å². The lowest BCUT2D eigenvalue weighted by molar-refractivity contribution is -0.137. The summed E-state index contributed by atoms with van der Waals surface area (Å²) in [7, 11) is 2.11. The van der Waals surface area contributed by atoms with Crippen molar-refractivity contribution in [3.63, 3.8) is 0 Å². The Morgan fingerprint density at radius 2 is 2.22 bits per heavy atom. The molecule has 0 saturated heterocycles. The fourth-order valence-electron chi connectivity index (χ4n) is 3.99. The number of aromatic nitrogens is 3. The second-order valence-electron chi connectivity index (χ2n) is 7.11. The van der Waals surface area contributed by atoms with E-state index in [1.165, 1.54) is 23.0 Å². The van der Waals surface area contributed by atoms with Crippen LogP contribution in [0.2, 0.25) is 5.02 Å². The van der Waals surface area contributed by atoms with E-state index in [9.17, 15) is 9.90 Å². The van der Waals surface area contributed by atoms with Gasteiger partial charge in [0.1, 0.15) is 6.33 Å². The molecule has 0 radical (unpaired) electrons. The zero-order chi connectivity index (χ0) is 19.0. The molecule has 1 atom stereocenters. The summed E-state index contributed by atoms with van der Waals surface area (Å²) in [6.45, 7) is 2.40. The Balaban J connectivity index is 1.82. The number of nitrogens with zero attached hydrogens (tertiary/aromatic N) is 4. The van der Waals surface area contributed by atoms with Gasteiger partial charge in [-0.2, -0.15) is 0 Å². The standard InChI is InChI=1S/C20H21ClN4O2/c1-24-7-5-15-16-9-14(21)2-3-18(16)25(19(15)11-24)10-13(8-20(26)27)17-4-6-22-12-23-17/h2-4,6,9,12-13H,5,7-8,10-11H2,1H3,(H,26,27). The van der Waals surface area contributed by atoms with Crippen LogP contribution in [-0.2, 0) is 24.3 Å². The first-order valence-electron chi connectivity index (χ1n) is 8.98. The van der Waals surface area contributed by atoms with Crippen LogP contribution in [0, 0.1) is 0 Å². The van der Waals surface area contributed by atoms with Crippen LogP contribution in [0.25, 0.3) is 10.9 Å². The summed E-state index contributed by atoms with van der Waals surface area (Å²) in [6.07, 6.45) is 4.12. The normalized spacial score (nSPS) is 15.6. The number of carbonyl (C=O) groups is 1. The number of likely N-dealkylation sites (N-methyl/N-ethyl adjacent to an activating group) is 1. The Hall–Kier alpha value is -2.44. The zero-order valence-corrected chi connectivity index (χ0v) is 15.9. The quantitative estimate of drug-likeness (QED) is 0.730. The van der Waals surface area contributed by atoms with Gasteiger partial charge in [-0.1, -0.05) is 11.6 Å². The zero-order valence-electron chi connectivity index (χ0n) is 15.1. The van der Waals surface area contributed by atoms with Crippen molar-refractivity contribution in [1.29, 1.82) is 0 Å². The van der Waals surface area contributed by atoms with E-state index in [4.69, 9.17) is 11.6 Å². The summed E-state index contributed by atoms with van der Waals surface area (Å²) in [4.78, 5) is 22.0. The molecule has 0 fully saturated rings. The highest BCUT2D eigenvalue weighted by Gasteiger charge is 2.26. The molecule has 1 aliphatic heterocycles. The SMILES string of the molecule is CN1CCc2c(n(CC(CC(=O)O)c3ccncn3)c3ccc(Cl)cc23)C1. The first-order valence-corrected chi connectivity index (χ1v) is 9.36. The number of halogens is 1. The van der Waals surface area contributed by atoms with E-state index in [-0.39, 0.29) is 12.3 Å². The summed E-state index contributed by atoms with van der Waals surface area (Å²) in [6, 6.07) is 7.75. The molecule has 0 amide bonds. The molecule has 1 aliphatic rings. The van der Waals surface area contributed by atoms with Crippen LogP contribution in [0.1, 0.15) is 29.3 Å². The highest BCUT2D eigenvalue weighted by atomic mass is 35.5. The molecule has 3 heterocycles. The summed E-state index contributed by atoms with van der Waals surface area (Å²) in [5.41, 5.74) is 4.41. The van der Waals surface area contributed by atoms with E-state index in [1.54, 1.807) is 12.3 Å². The van der Waals surface area contributed by atoms with E-state index in [2.05, 4.69) is 26.5 Å². The van der Waals surface area contributed by atoms with E-state index < -0.39 is 5.97 Å². The van der Waals surface area contributed by atoms with Crippen molar-refractivity contribution in [3.05, 3.63) is 58.8 Å². The lowest BCUT2D eigenvalue weighted by atomic mass is 10.0. The third-order valence-electron chi connectivity index (χ3n) is 5.26. The van der Waals surface area contributed by atoms with Crippen molar-refractivity contribution in [3.8, 4) is 0 Å². The minimum absolute atomic E-state index is 0.0227.